The van der Waals surface area contributed by atoms with Crippen molar-refractivity contribution < 1.29 is 0 Å². The summed E-state index contributed by atoms with van der Waals surface area (Å²) in [5.74, 6) is 0. The normalized spacial score (nSPS) is 13.2. The predicted molar refractivity (Wildman–Crippen MR) is 214 cm³/mol. The average molecular weight is 638 g/mol. The van der Waals surface area contributed by atoms with Gasteiger partial charge in [-0.1, -0.05) is 166 Å². The molecule has 1 heteroatoms. The number of hydrogen-bond donors (Lipinski definition) is 0. The summed E-state index contributed by atoms with van der Waals surface area (Å²) in [6.07, 6.45) is 0. The molecule has 0 aromatic heterocycles. The predicted octanol–water partition coefficient (Wildman–Crippen LogP) is 13.7. The zero-order valence-corrected chi connectivity index (χ0v) is 28.2. The van der Waals surface area contributed by atoms with E-state index in [1.165, 1.54) is 82.2 Å². The van der Waals surface area contributed by atoms with Gasteiger partial charge in [0.25, 0.3) is 0 Å². The van der Waals surface area contributed by atoms with E-state index in [-0.39, 0.29) is 5.41 Å². The molecule has 1 aliphatic carbocycles. The number of hydrogen-bond acceptors (Lipinski definition) is 1. The van der Waals surface area contributed by atoms with Crippen molar-refractivity contribution in [3.63, 3.8) is 0 Å². The van der Waals surface area contributed by atoms with E-state index < -0.39 is 0 Å². The molecule has 236 valence electrons. The van der Waals surface area contributed by atoms with Crippen molar-refractivity contribution in [3.05, 3.63) is 187 Å². The summed E-state index contributed by atoms with van der Waals surface area (Å²) >= 11 is 0. The van der Waals surface area contributed by atoms with Crippen LogP contribution in [-0.4, -0.2) is 0 Å². The topological polar surface area (TPSA) is 3.24 Å². The van der Waals surface area contributed by atoms with Crippen molar-refractivity contribution in [3.8, 4) is 22.3 Å². The van der Waals surface area contributed by atoms with Gasteiger partial charge in [0.15, 0.2) is 0 Å². The van der Waals surface area contributed by atoms with Crippen LogP contribution in [0.3, 0.4) is 0 Å². The van der Waals surface area contributed by atoms with Gasteiger partial charge in [0, 0.05) is 22.1 Å². The van der Waals surface area contributed by atoms with Crippen LogP contribution in [0.5, 0.6) is 0 Å². The van der Waals surface area contributed by atoms with Crippen LogP contribution in [0.1, 0.15) is 25.0 Å². The number of fused-ring (bicyclic) bond motifs is 9. The molecule has 0 saturated heterocycles. The number of benzene rings is 9. The van der Waals surface area contributed by atoms with Crippen LogP contribution in [0.4, 0.5) is 17.1 Å². The van der Waals surface area contributed by atoms with Crippen molar-refractivity contribution in [2.75, 3.05) is 4.90 Å². The Morgan fingerprint density at radius 3 is 1.80 bits per heavy atom. The Morgan fingerprint density at radius 2 is 0.960 bits per heavy atom. The molecule has 0 fully saturated rings. The Morgan fingerprint density at radius 1 is 0.360 bits per heavy atom. The smallest absolute Gasteiger partial charge is 0.0552 e. The van der Waals surface area contributed by atoms with E-state index >= 15 is 0 Å². The minimum absolute atomic E-state index is 0.0675. The molecule has 0 spiro atoms. The van der Waals surface area contributed by atoms with Gasteiger partial charge in [0.2, 0.25) is 0 Å². The highest BCUT2D eigenvalue weighted by molar-refractivity contribution is 6.24. The van der Waals surface area contributed by atoms with Gasteiger partial charge in [-0.05, 0) is 89.8 Å². The second kappa shape index (κ2) is 10.9. The highest BCUT2D eigenvalue weighted by atomic mass is 15.1. The quantitative estimate of drug-likeness (QED) is 0.174. The highest BCUT2D eigenvalue weighted by Gasteiger charge is 2.36. The van der Waals surface area contributed by atoms with Crippen molar-refractivity contribution in [1.82, 2.24) is 0 Å². The van der Waals surface area contributed by atoms with Crippen LogP contribution >= 0.6 is 0 Å². The maximum Gasteiger partial charge on any atom is 0.0552 e. The van der Waals surface area contributed by atoms with Gasteiger partial charge >= 0.3 is 0 Å². The SMILES string of the molecule is CC1(C)c2ccccc2-c2cc(N(c3ccccc3-c3cccc4ccccc34)c3cc4ccccc4c4ccc5ccccc5c34)ccc21. The maximum atomic E-state index is 2.53. The zero-order valence-electron chi connectivity index (χ0n) is 28.2. The number of para-hydroxylation sites is 1. The van der Waals surface area contributed by atoms with E-state index in [1.807, 2.05) is 0 Å². The van der Waals surface area contributed by atoms with Gasteiger partial charge in [0.1, 0.15) is 0 Å². The van der Waals surface area contributed by atoms with Crippen molar-refractivity contribution in [2.24, 2.45) is 0 Å². The molecule has 9 aromatic carbocycles. The molecule has 0 saturated carbocycles. The van der Waals surface area contributed by atoms with E-state index in [1.54, 1.807) is 0 Å². The largest absolute Gasteiger partial charge is 0.309 e. The van der Waals surface area contributed by atoms with Gasteiger partial charge in [-0.15, -0.1) is 0 Å². The summed E-state index contributed by atoms with van der Waals surface area (Å²) in [6, 6.07) is 65.1. The second-order valence-corrected chi connectivity index (χ2v) is 14.1. The first kappa shape index (κ1) is 28.8. The molecule has 0 amide bonds. The Balaban J connectivity index is 1.35. The lowest BCUT2D eigenvalue weighted by atomic mass is 9.82. The molecular formula is C49H35N. The lowest BCUT2D eigenvalue weighted by Gasteiger charge is -2.31. The third-order valence-corrected chi connectivity index (χ3v) is 11.0. The molecule has 0 bridgehead atoms. The van der Waals surface area contributed by atoms with E-state index in [9.17, 15) is 0 Å². The zero-order chi connectivity index (χ0) is 33.4. The number of anilines is 3. The Labute approximate surface area is 292 Å². The molecule has 1 nitrogen and oxygen atoms in total. The van der Waals surface area contributed by atoms with Crippen LogP contribution in [0.25, 0.3) is 65.3 Å². The van der Waals surface area contributed by atoms with E-state index in [4.69, 9.17) is 0 Å². The van der Waals surface area contributed by atoms with Crippen LogP contribution < -0.4 is 4.90 Å². The van der Waals surface area contributed by atoms with Crippen LogP contribution in [0.2, 0.25) is 0 Å². The Bertz CT molecular complexity index is 2800. The fourth-order valence-electron chi connectivity index (χ4n) is 8.65. The Hall–Kier alpha value is -6.18. The monoisotopic (exact) mass is 637 g/mol. The Kier molecular flexibility index (Phi) is 6.29. The van der Waals surface area contributed by atoms with Gasteiger partial charge in [-0.2, -0.15) is 0 Å². The summed E-state index contributed by atoms with van der Waals surface area (Å²) in [5.41, 5.74) is 11.2. The fraction of sp³-hybridized carbons (Fsp3) is 0.0612. The fourth-order valence-corrected chi connectivity index (χ4v) is 8.65. The summed E-state index contributed by atoms with van der Waals surface area (Å²) in [7, 11) is 0. The minimum Gasteiger partial charge on any atom is -0.309 e. The maximum absolute atomic E-state index is 2.53. The molecule has 0 atom stereocenters. The van der Waals surface area contributed by atoms with Gasteiger partial charge in [0.05, 0.1) is 11.4 Å². The molecule has 10 rings (SSSR count). The number of nitrogens with zero attached hydrogens (tertiary/aromatic N) is 1. The van der Waals surface area contributed by atoms with Crippen molar-refractivity contribution in [1.29, 1.82) is 0 Å². The van der Waals surface area contributed by atoms with Crippen LogP contribution in [0.15, 0.2) is 176 Å². The number of rotatable bonds is 4. The van der Waals surface area contributed by atoms with Crippen LogP contribution in [0, 0.1) is 0 Å². The lowest BCUT2D eigenvalue weighted by Crippen LogP contribution is -2.15. The molecule has 1 aliphatic rings. The average Bonchev–Trinajstić information content (AvgIpc) is 3.40. The first-order valence-electron chi connectivity index (χ1n) is 17.5. The molecule has 0 heterocycles. The summed E-state index contributed by atoms with van der Waals surface area (Å²) in [6.45, 7) is 4.71. The molecule has 0 radical (unpaired) electrons. The highest BCUT2D eigenvalue weighted by Crippen LogP contribution is 2.53. The summed E-state index contributed by atoms with van der Waals surface area (Å²) in [4.78, 5) is 2.53. The van der Waals surface area contributed by atoms with Crippen molar-refractivity contribution >= 4 is 60.2 Å². The first-order chi connectivity index (χ1) is 24.6. The summed E-state index contributed by atoms with van der Waals surface area (Å²) < 4.78 is 0. The van der Waals surface area contributed by atoms with E-state index in [0.29, 0.717) is 0 Å². The molecule has 0 aliphatic heterocycles. The standard InChI is InChI=1S/C49H35N/c1-49(2)44-24-11-9-21-40(44)43-31-35(27-29-45(43)49)50(46-25-12-10-22-41(46)39-23-13-17-32-14-3-6-18-36(32)39)47-30-34-16-5-7-19-37(34)42-28-26-33-15-4-8-20-38(33)48(42)47/h3-31H,1-2H3. The molecule has 0 unspecified atom stereocenters. The molecule has 50 heavy (non-hydrogen) atoms. The molecular weight excluding hydrogens is 603 g/mol. The third kappa shape index (κ3) is 4.20. The third-order valence-electron chi connectivity index (χ3n) is 11.0. The molecule has 0 N–H and O–H groups in total. The minimum atomic E-state index is -0.0675. The second-order valence-electron chi connectivity index (χ2n) is 14.1. The van der Waals surface area contributed by atoms with E-state index in [0.717, 1.165) is 11.4 Å². The van der Waals surface area contributed by atoms with Gasteiger partial charge < -0.3 is 4.90 Å². The first-order valence-corrected chi connectivity index (χ1v) is 17.5. The van der Waals surface area contributed by atoms with Crippen LogP contribution in [-0.2, 0) is 5.41 Å². The van der Waals surface area contributed by atoms with E-state index in [2.05, 4.69) is 195 Å². The van der Waals surface area contributed by atoms with Gasteiger partial charge in [-0.25, -0.2) is 0 Å². The van der Waals surface area contributed by atoms with Crippen molar-refractivity contribution in [2.45, 2.75) is 19.3 Å². The van der Waals surface area contributed by atoms with Gasteiger partial charge in [-0.3, -0.25) is 0 Å². The lowest BCUT2D eigenvalue weighted by molar-refractivity contribution is 0.660. The molecule has 9 aromatic rings. The summed E-state index contributed by atoms with van der Waals surface area (Å²) in [5, 5.41) is 10.0.